The number of carbonyl (C=O) groups excluding carboxylic acids is 1. The Bertz CT molecular complexity index is 1040. The average molecular weight is 482 g/mol. The van der Waals surface area contributed by atoms with E-state index in [0.717, 1.165) is 11.8 Å². The van der Waals surface area contributed by atoms with Crippen LogP contribution in [0.15, 0.2) is 46.6 Å². The Morgan fingerprint density at radius 2 is 2.00 bits per heavy atom. The Labute approximate surface area is 192 Å². The molecular formula is C20H17Cl2N3O5S. The third-order valence-electron chi connectivity index (χ3n) is 4.11. The van der Waals surface area contributed by atoms with E-state index in [4.69, 9.17) is 37.8 Å². The monoisotopic (exact) mass is 481 g/mol. The van der Waals surface area contributed by atoms with Gasteiger partial charge in [0.15, 0.2) is 16.7 Å². The minimum Gasteiger partial charge on any atom is -0.493 e. The Morgan fingerprint density at radius 1 is 1.26 bits per heavy atom. The minimum atomic E-state index is -1.05. The molecule has 2 aromatic rings. The Hall–Kier alpha value is -2.75. The third kappa shape index (κ3) is 6.13. The molecule has 31 heavy (non-hydrogen) atoms. The summed E-state index contributed by atoms with van der Waals surface area (Å²) in [6.45, 7) is 0.144. The number of amidine groups is 1. The number of amides is 1. The SMILES string of the molecule is COc1ccc(C=NN=C2NC(=O)C(CC(=O)O)S2)cc1OCc1c(Cl)cccc1Cl. The number of thioether (sulfide) groups is 1. The molecule has 1 saturated heterocycles. The lowest BCUT2D eigenvalue weighted by molar-refractivity contribution is -0.138. The van der Waals surface area contributed by atoms with E-state index in [0.29, 0.717) is 32.7 Å². The highest BCUT2D eigenvalue weighted by atomic mass is 35.5. The fourth-order valence-corrected chi connectivity index (χ4v) is 4.02. The zero-order valence-electron chi connectivity index (χ0n) is 16.2. The van der Waals surface area contributed by atoms with Crippen LogP contribution in [0.1, 0.15) is 17.5 Å². The van der Waals surface area contributed by atoms with Gasteiger partial charge in [0.2, 0.25) is 5.91 Å². The van der Waals surface area contributed by atoms with Crippen LogP contribution < -0.4 is 14.8 Å². The number of carbonyl (C=O) groups is 2. The van der Waals surface area contributed by atoms with Gasteiger partial charge >= 0.3 is 5.97 Å². The van der Waals surface area contributed by atoms with Crippen LogP contribution in [-0.4, -0.2) is 40.7 Å². The number of hydrogen-bond acceptors (Lipinski definition) is 7. The molecule has 2 aromatic carbocycles. The number of hydrogen-bond donors (Lipinski definition) is 2. The van der Waals surface area contributed by atoms with E-state index in [1.165, 1.54) is 13.3 Å². The topological polar surface area (TPSA) is 110 Å². The Kier molecular flexibility index (Phi) is 7.78. The maximum absolute atomic E-state index is 11.7. The summed E-state index contributed by atoms with van der Waals surface area (Å²) < 4.78 is 11.2. The number of benzene rings is 2. The van der Waals surface area contributed by atoms with E-state index in [9.17, 15) is 9.59 Å². The van der Waals surface area contributed by atoms with Gasteiger partial charge in [-0.3, -0.25) is 9.59 Å². The Balaban J connectivity index is 1.70. The van der Waals surface area contributed by atoms with Crippen LogP contribution in [0.25, 0.3) is 0 Å². The number of ether oxygens (including phenoxy) is 2. The van der Waals surface area contributed by atoms with E-state index in [1.54, 1.807) is 36.4 Å². The lowest BCUT2D eigenvalue weighted by Crippen LogP contribution is -2.26. The van der Waals surface area contributed by atoms with E-state index in [-0.39, 0.29) is 18.2 Å². The highest BCUT2D eigenvalue weighted by Gasteiger charge is 2.32. The van der Waals surface area contributed by atoms with Gasteiger partial charge in [-0.2, -0.15) is 5.10 Å². The second-order valence-electron chi connectivity index (χ2n) is 6.24. The molecular weight excluding hydrogens is 465 g/mol. The molecule has 2 N–H and O–H groups in total. The number of aliphatic carboxylic acids is 1. The third-order valence-corrected chi connectivity index (χ3v) is 5.89. The normalized spacial score (nSPS) is 17.2. The summed E-state index contributed by atoms with van der Waals surface area (Å²) in [4.78, 5) is 22.5. The van der Waals surface area contributed by atoms with Gasteiger partial charge in [0.05, 0.1) is 19.7 Å². The standard InChI is InChI=1S/C20H17Cl2N3O5S/c1-29-15-6-5-11(7-16(15)30-10-12-13(21)3-2-4-14(12)22)9-23-25-20-24-19(28)17(31-20)8-18(26)27/h2-7,9,17H,8,10H2,1H3,(H,26,27)(H,24,25,28). The van der Waals surface area contributed by atoms with Crippen molar-refractivity contribution in [3.63, 3.8) is 0 Å². The second-order valence-corrected chi connectivity index (χ2v) is 8.25. The summed E-state index contributed by atoms with van der Waals surface area (Å²) in [5, 5.41) is 19.7. The van der Waals surface area contributed by atoms with Crippen LogP contribution in [0, 0.1) is 0 Å². The molecule has 1 heterocycles. The van der Waals surface area contributed by atoms with Crippen LogP contribution >= 0.6 is 35.0 Å². The number of carboxylic acid groups (broad SMARTS) is 1. The summed E-state index contributed by atoms with van der Waals surface area (Å²) in [5.74, 6) is -0.483. The van der Waals surface area contributed by atoms with Crippen LogP contribution in [0.2, 0.25) is 10.0 Å². The van der Waals surface area contributed by atoms with Gasteiger partial charge in [0, 0.05) is 15.6 Å². The maximum atomic E-state index is 11.7. The van der Waals surface area contributed by atoms with Crippen molar-refractivity contribution in [2.45, 2.75) is 18.3 Å². The van der Waals surface area contributed by atoms with Gasteiger partial charge in [-0.05, 0) is 35.9 Å². The van der Waals surface area contributed by atoms with E-state index < -0.39 is 17.1 Å². The van der Waals surface area contributed by atoms with Crippen LogP contribution in [-0.2, 0) is 16.2 Å². The van der Waals surface area contributed by atoms with E-state index in [2.05, 4.69) is 15.5 Å². The van der Waals surface area contributed by atoms with Gasteiger partial charge in [0.1, 0.15) is 11.9 Å². The van der Waals surface area contributed by atoms with Crippen LogP contribution in [0.3, 0.4) is 0 Å². The molecule has 1 aliphatic rings. The summed E-state index contributed by atoms with van der Waals surface area (Å²) in [6, 6.07) is 10.4. The number of halogens is 2. The molecule has 0 aromatic heterocycles. The summed E-state index contributed by atoms with van der Waals surface area (Å²) in [5.41, 5.74) is 1.32. The Morgan fingerprint density at radius 3 is 2.68 bits per heavy atom. The minimum absolute atomic E-state index is 0.144. The largest absolute Gasteiger partial charge is 0.493 e. The molecule has 1 fully saturated rings. The predicted molar refractivity (Wildman–Crippen MR) is 121 cm³/mol. The number of rotatable bonds is 8. The second kappa shape index (κ2) is 10.5. The zero-order valence-corrected chi connectivity index (χ0v) is 18.5. The molecule has 0 bridgehead atoms. The lowest BCUT2D eigenvalue weighted by atomic mass is 10.2. The molecule has 3 rings (SSSR count). The average Bonchev–Trinajstić information content (AvgIpc) is 3.06. The summed E-state index contributed by atoms with van der Waals surface area (Å²) in [7, 11) is 1.53. The van der Waals surface area contributed by atoms with Crippen molar-refractivity contribution >= 4 is 58.2 Å². The first-order chi connectivity index (χ1) is 14.9. The van der Waals surface area contributed by atoms with Gasteiger partial charge in [-0.1, -0.05) is 41.0 Å². The van der Waals surface area contributed by atoms with Crippen molar-refractivity contribution in [2.75, 3.05) is 7.11 Å². The molecule has 162 valence electrons. The smallest absolute Gasteiger partial charge is 0.305 e. The van der Waals surface area contributed by atoms with Crippen molar-refractivity contribution in [1.29, 1.82) is 0 Å². The molecule has 1 atom stereocenters. The molecule has 1 unspecified atom stereocenters. The fraction of sp³-hybridized carbons (Fsp3) is 0.200. The first-order valence-corrected chi connectivity index (χ1v) is 10.5. The van der Waals surface area contributed by atoms with Gasteiger partial charge in [0.25, 0.3) is 0 Å². The van der Waals surface area contributed by atoms with Crippen molar-refractivity contribution in [3.05, 3.63) is 57.6 Å². The molecule has 0 aliphatic carbocycles. The maximum Gasteiger partial charge on any atom is 0.305 e. The molecule has 0 saturated carbocycles. The van der Waals surface area contributed by atoms with Gasteiger partial charge < -0.3 is 19.9 Å². The molecule has 1 aliphatic heterocycles. The van der Waals surface area contributed by atoms with Crippen LogP contribution in [0.4, 0.5) is 0 Å². The molecule has 11 heteroatoms. The zero-order chi connectivity index (χ0) is 22.4. The van der Waals surface area contributed by atoms with Crippen molar-refractivity contribution in [2.24, 2.45) is 10.2 Å². The van der Waals surface area contributed by atoms with Crippen molar-refractivity contribution in [1.82, 2.24) is 5.32 Å². The number of carboxylic acids is 1. The number of nitrogens with zero attached hydrogens (tertiary/aromatic N) is 2. The molecule has 8 nitrogen and oxygen atoms in total. The van der Waals surface area contributed by atoms with Gasteiger partial charge in [-0.15, -0.1) is 5.10 Å². The van der Waals surface area contributed by atoms with Crippen molar-refractivity contribution < 1.29 is 24.2 Å². The fourth-order valence-electron chi connectivity index (χ4n) is 2.60. The quantitative estimate of drug-likeness (QED) is 0.435. The highest BCUT2D eigenvalue weighted by molar-refractivity contribution is 8.15. The summed E-state index contributed by atoms with van der Waals surface area (Å²) >= 11 is 13.4. The number of methoxy groups -OCH3 is 1. The van der Waals surface area contributed by atoms with Gasteiger partial charge in [-0.25, -0.2) is 0 Å². The van der Waals surface area contributed by atoms with E-state index >= 15 is 0 Å². The summed E-state index contributed by atoms with van der Waals surface area (Å²) in [6.07, 6.45) is 1.19. The van der Waals surface area contributed by atoms with Crippen molar-refractivity contribution in [3.8, 4) is 11.5 Å². The first kappa shape index (κ1) is 22.9. The molecule has 0 radical (unpaired) electrons. The first-order valence-electron chi connectivity index (χ1n) is 8.91. The highest BCUT2D eigenvalue weighted by Crippen LogP contribution is 2.31. The molecule has 1 amide bonds. The predicted octanol–water partition coefficient (Wildman–Crippen LogP) is 3.98. The van der Waals surface area contributed by atoms with E-state index in [1.807, 2.05) is 0 Å². The molecule has 0 spiro atoms. The van der Waals surface area contributed by atoms with Crippen LogP contribution in [0.5, 0.6) is 11.5 Å². The number of nitrogens with one attached hydrogen (secondary N) is 1. The lowest BCUT2D eigenvalue weighted by Gasteiger charge is -2.13.